The summed E-state index contributed by atoms with van der Waals surface area (Å²) in [4.78, 5) is 33.9. The molecule has 20 heavy (non-hydrogen) atoms. The van der Waals surface area contributed by atoms with Gasteiger partial charge < -0.3 is 15.2 Å². The van der Waals surface area contributed by atoms with Crippen LogP contribution in [0.3, 0.4) is 0 Å². The summed E-state index contributed by atoms with van der Waals surface area (Å²) in [5, 5.41) is 15.0. The number of esters is 1. The van der Waals surface area contributed by atoms with Crippen LogP contribution in [0.1, 0.15) is 17.3 Å². The first-order valence-electron chi connectivity index (χ1n) is 5.87. The lowest BCUT2D eigenvalue weighted by Gasteiger charge is -2.25. The van der Waals surface area contributed by atoms with E-state index in [1.807, 2.05) is 0 Å². The number of ether oxygens (including phenoxy) is 1. The zero-order valence-corrected chi connectivity index (χ0v) is 10.6. The summed E-state index contributed by atoms with van der Waals surface area (Å²) in [6.07, 6.45) is -0.894. The number of nitrogens with zero attached hydrogens (tertiary/aromatic N) is 1. The monoisotopic (exact) mass is 276 g/mol. The molecule has 2 rings (SSSR count). The van der Waals surface area contributed by atoms with Crippen molar-refractivity contribution in [1.82, 2.24) is 5.32 Å². The molecule has 1 heterocycles. The number of carbonyl (C=O) groups excluding carboxylic acids is 2. The Morgan fingerprint density at radius 1 is 1.40 bits per heavy atom. The maximum atomic E-state index is 12.0. The summed E-state index contributed by atoms with van der Waals surface area (Å²) < 4.78 is 4.78. The van der Waals surface area contributed by atoms with Crippen LogP contribution in [-0.4, -0.2) is 29.2 Å². The summed E-state index contributed by atoms with van der Waals surface area (Å²) in [5.41, 5.74) is 0.0631. The third-order valence-corrected chi connectivity index (χ3v) is 2.84. The first kappa shape index (κ1) is 13.9. The molecule has 0 saturated carbocycles. The van der Waals surface area contributed by atoms with Gasteiger partial charge in [-0.3, -0.25) is 4.79 Å². The van der Waals surface area contributed by atoms with E-state index >= 15 is 0 Å². The molecule has 0 aliphatic carbocycles. The molecule has 1 aliphatic heterocycles. The Bertz CT molecular complexity index is 596. The largest absolute Gasteiger partial charge is 0.456 e. The standard InChI is InChI=1S/C13H12N2O5/c1-7-12(17)10(6-11(16)20-7)14-13(18)8-4-2-3-5-9(8)15-19/h2-7,12,17H,1H3,(H,14,18)/t7?,12-/m1/s1. The lowest BCUT2D eigenvalue weighted by atomic mass is 10.1. The number of carbonyl (C=O) groups is 2. The van der Waals surface area contributed by atoms with Crippen LogP contribution < -0.4 is 5.32 Å². The molecule has 7 nitrogen and oxygen atoms in total. The number of amides is 1. The van der Waals surface area contributed by atoms with Crippen LogP contribution in [0.25, 0.3) is 0 Å². The summed E-state index contributed by atoms with van der Waals surface area (Å²) in [6, 6.07) is 5.96. The van der Waals surface area contributed by atoms with Gasteiger partial charge in [-0.2, -0.15) is 0 Å². The van der Waals surface area contributed by atoms with E-state index in [1.54, 1.807) is 12.1 Å². The summed E-state index contributed by atoms with van der Waals surface area (Å²) in [7, 11) is 0. The minimum absolute atomic E-state index is 0.0217. The van der Waals surface area contributed by atoms with E-state index in [9.17, 15) is 19.6 Å². The molecule has 2 N–H and O–H groups in total. The zero-order chi connectivity index (χ0) is 14.7. The van der Waals surface area contributed by atoms with E-state index in [-0.39, 0.29) is 16.9 Å². The smallest absolute Gasteiger partial charge is 0.332 e. The Kier molecular flexibility index (Phi) is 3.90. The second-order valence-electron chi connectivity index (χ2n) is 4.25. The molecule has 1 unspecified atom stereocenters. The molecule has 0 saturated heterocycles. The molecular formula is C13H12N2O5. The summed E-state index contributed by atoms with van der Waals surface area (Å²) in [6.45, 7) is 1.50. The minimum Gasteiger partial charge on any atom is -0.456 e. The van der Waals surface area contributed by atoms with Gasteiger partial charge in [0.25, 0.3) is 5.91 Å². The van der Waals surface area contributed by atoms with E-state index in [0.29, 0.717) is 0 Å². The van der Waals surface area contributed by atoms with Crippen molar-refractivity contribution in [2.24, 2.45) is 5.18 Å². The second-order valence-corrected chi connectivity index (χ2v) is 4.25. The van der Waals surface area contributed by atoms with Crippen molar-refractivity contribution in [3.05, 3.63) is 46.5 Å². The van der Waals surface area contributed by atoms with E-state index < -0.39 is 24.1 Å². The molecule has 1 amide bonds. The predicted molar refractivity (Wildman–Crippen MR) is 69.0 cm³/mol. The highest BCUT2D eigenvalue weighted by Gasteiger charge is 2.29. The molecule has 0 aromatic heterocycles. The van der Waals surface area contributed by atoms with Crippen LogP contribution in [-0.2, 0) is 9.53 Å². The van der Waals surface area contributed by atoms with E-state index in [0.717, 1.165) is 6.08 Å². The topological polar surface area (TPSA) is 105 Å². The molecule has 104 valence electrons. The summed E-state index contributed by atoms with van der Waals surface area (Å²) >= 11 is 0. The van der Waals surface area contributed by atoms with Crippen molar-refractivity contribution in [2.75, 3.05) is 0 Å². The number of benzene rings is 1. The van der Waals surface area contributed by atoms with Crippen molar-refractivity contribution in [3.8, 4) is 0 Å². The lowest BCUT2D eigenvalue weighted by molar-refractivity contribution is -0.148. The van der Waals surface area contributed by atoms with Gasteiger partial charge in [-0.1, -0.05) is 12.1 Å². The minimum atomic E-state index is -1.13. The second kappa shape index (κ2) is 5.62. The normalized spacial score (nSPS) is 21.7. The molecule has 1 aromatic rings. The molecule has 1 aromatic carbocycles. The van der Waals surface area contributed by atoms with Crippen molar-refractivity contribution < 1.29 is 19.4 Å². The van der Waals surface area contributed by atoms with E-state index in [1.165, 1.54) is 19.1 Å². The van der Waals surface area contributed by atoms with Crippen molar-refractivity contribution in [1.29, 1.82) is 0 Å². The Labute approximate surface area is 114 Å². The van der Waals surface area contributed by atoms with Crippen LogP contribution >= 0.6 is 0 Å². The average molecular weight is 276 g/mol. The van der Waals surface area contributed by atoms with Crippen LogP contribution in [0.4, 0.5) is 5.69 Å². The quantitative estimate of drug-likeness (QED) is 0.633. The van der Waals surface area contributed by atoms with Crippen molar-refractivity contribution in [3.63, 3.8) is 0 Å². The number of nitrogens with one attached hydrogen (secondary N) is 1. The van der Waals surface area contributed by atoms with Gasteiger partial charge in [0.05, 0.1) is 11.3 Å². The number of aliphatic hydroxyl groups excluding tert-OH is 1. The average Bonchev–Trinajstić information content (AvgIpc) is 2.44. The number of hydrogen-bond acceptors (Lipinski definition) is 6. The Morgan fingerprint density at radius 2 is 2.10 bits per heavy atom. The number of rotatable bonds is 3. The number of nitroso groups, excluding NO2 is 1. The van der Waals surface area contributed by atoms with Gasteiger partial charge in [-0.15, -0.1) is 4.91 Å². The highest BCUT2D eigenvalue weighted by Crippen LogP contribution is 2.20. The molecule has 7 heteroatoms. The van der Waals surface area contributed by atoms with Gasteiger partial charge in [0.1, 0.15) is 17.9 Å². The number of cyclic esters (lactones) is 1. The van der Waals surface area contributed by atoms with Crippen LogP contribution in [0.2, 0.25) is 0 Å². The molecule has 0 radical (unpaired) electrons. The van der Waals surface area contributed by atoms with Gasteiger partial charge in [-0.05, 0) is 24.2 Å². The van der Waals surface area contributed by atoms with Crippen LogP contribution in [0.5, 0.6) is 0 Å². The highest BCUT2D eigenvalue weighted by molar-refractivity contribution is 6.00. The first-order valence-corrected chi connectivity index (χ1v) is 5.87. The Morgan fingerprint density at radius 3 is 2.80 bits per heavy atom. The Hall–Kier alpha value is -2.54. The maximum Gasteiger partial charge on any atom is 0.332 e. The molecule has 2 atom stereocenters. The SMILES string of the molecule is CC1OC(=O)C=C(NC(=O)c2ccccc2N=O)[C@@H]1O. The number of hydrogen-bond donors (Lipinski definition) is 2. The molecule has 0 bridgehead atoms. The third-order valence-electron chi connectivity index (χ3n) is 2.84. The highest BCUT2D eigenvalue weighted by atomic mass is 16.6. The fourth-order valence-electron chi connectivity index (χ4n) is 1.80. The zero-order valence-electron chi connectivity index (χ0n) is 10.6. The van der Waals surface area contributed by atoms with Gasteiger partial charge in [0.2, 0.25) is 0 Å². The van der Waals surface area contributed by atoms with Gasteiger partial charge in [0, 0.05) is 6.08 Å². The fourth-order valence-corrected chi connectivity index (χ4v) is 1.80. The molecule has 0 spiro atoms. The summed E-state index contributed by atoms with van der Waals surface area (Å²) in [5.74, 6) is -1.28. The van der Waals surface area contributed by atoms with Crippen LogP contribution in [0, 0.1) is 4.91 Å². The van der Waals surface area contributed by atoms with Gasteiger partial charge in [0.15, 0.2) is 0 Å². The third kappa shape index (κ3) is 2.72. The lowest BCUT2D eigenvalue weighted by Crippen LogP contribution is -2.41. The molecule has 0 fully saturated rings. The molecular weight excluding hydrogens is 264 g/mol. The Balaban J connectivity index is 2.23. The van der Waals surface area contributed by atoms with Crippen molar-refractivity contribution in [2.45, 2.75) is 19.1 Å². The maximum absolute atomic E-state index is 12.0. The van der Waals surface area contributed by atoms with E-state index in [2.05, 4.69) is 10.5 Å². The first-order chi connectivity index (χ1) is 9.52. The van der Waals surface area contributed by atoms with Crippen LogP contribution in [0.15, 0.2) is 41.2 Å². The number of aliphatic hydroxyl groups is 1. The van der Waals surface area contributed by atoms with Gasteiger partial charge in [-0.25, -0.2) is 4.79 Å². The molecule has 1 aliphatic rings. The fraction of sp³-hybridized carbons (Fsp3) is 0.231. The van der Waals surface area contributed by atoms with E-state index in [4.69, 9.17) is 4.74 Å². The van der Waals surface area contributed by atoms with Crippen molar-refractivity contribution >= 4 is 17.6 Å². The predicted octanol–water partition coefficient (Wildman–Crippen LogP) is 1.00. The van der Waals surface area contributed by atoms with Gasteiger partial charge >= 0.3 is 5.97 Å².